The van der Waals surface area contributed by atoms with Gasteiger partial charge < -0.3 is 15.3 Å². The molecule has 0 atom stereocenters. The summed E-state index contributed by atoms with van der Waals surface area (Å²) in [6.45, 7) is 7.81. The van der Waals surface area contributed by atoms with Crippen molar-refractivity contribution >= 4 is 17.4 Å². The van der Waals surface area contributed by atoms with Gasteiger partial charge in [-0.2, -0.15) is 0 Å². The van der Waals surface area contributed by atoms with Gasteiger partial charge in [0.05, 0.1) is 12.2 Å². The van der Waals surface area contributed by atoms with Gasteiger partial charge in [0.1, 0.15) is 10.6 Å². The van der Waals surface area contributed by atoms with Crippen molar-refractivity contribution in [1.29, 1.82) is 0 Å². The maximum atomic E-state index is 12.2. The average molecular weight is 415 g/mol. The maximum absolute atomic E-state index is 12.2. The average Bonchev–Trinajstić information content (AvgIpc) is 3.17. The van der Waals surface area contributed by atoms with Crippen LogP contribution in [0.3, 0.4) is 0 Å². The Labute approximate surface area is 176 Å². The number of rotatable bonds is 4. The minimum absolute atomic E-state index is 0.0496. The van der Waals surface area contributed by atoms with Crippen LogP contribution in [-0.2, 0) is 25.1 Å². The van der Waals surface area contributed by atoms with E-state index < -0.39 is 5.60 Å². The van der Waals surface area contributed by atoms with Crippen LogP contribution in [0.15, 0.2) is 29.6 Å². The minimum Gasteiger partial charge on any atom is -0.383 e. The monoisotopic (exact) mass is 414 g/mol. The van der Waals surface area contributed by atoms with Crippen LogP contribution in [0, 0.1) is 0 Å². The summed E-state index contributed by atoms with van der Waals surface area (Å²) in [6.07, 6.45) is 2.13. The lowest BCUT2D eigenvalue weighted by Crippen LogP contribution is -2.50. The summed E-state index contributed by atoms with van der Waals surface area (Å²) in [4.78, 5) is 21.2. The van der Waals surface area contributed by atoms with Crippen molar-refractivity contribution in [3.8, 4) is 0 Å². The zero-order valence-electron chi connectivity index (χ0n) is 17.2. The SMILES string of the molecule is CC(C)NC(=O)N1CCC(O)(c2csc(CN3CCc4ccccc4C3)n2)CC1. The number of fused-ring (bicyclic) bond motifs is 1. The Bertz CT molecular complexity index is 858. The molecule has 0 aliphatic carbocycles. The Hall–Kier alpha value is -1.96. The summed E-state index contributed by atoms with van der Waals surface area (Å²) in [5, 5.41) is 17.1. The van der Waals surface area contributed by atoms with E-state index in [1.807, 2.05) is 19.2 Å². The van der Waals surface area contributed by atoms with Crippen LogP contribution in [0.5, 0.6) is 0 Å². The molecule has 0 unspecified atom stereocenters. The van der Waals surface area contributed by atoms with Gasteiger partial charge in [-0.05, 0) is 44.2 Å². The fourth-order valence-corrected chi connectivity index (χ4v) is 5.08. The molecule has 3 heterocycles. The van der Waals surface area contributed by atoms with Gasteiger partial charge in [0.2, 0.25) is 0 Å². The summed E-state index contributed by atoms with van der Waals surface area (Å²) >= 11 is 1.63. The minimum atomic E-state index is -0.933. The number of urea groups is 1. The molecular formula is C22H30N4O2S. The number of thiazole rings is 1. The number of aromatic nitrogens is 1. The summed E-state index contributed by atoms with van der Waals surface area (Å²) in [7, 11) is 0. The molecule has 0 saturated carbocycles. The lowest BCUT2D eigenvalue weighted by atomic mass is 9.89. The Balaban J connectivity index is 1.35. The van der Waals surface area contributed by atoms with Crippen molar-refractivity contribution in [3.05, 3.63) is 51.5 Å². The predicted octanol–water partition coefficient (Wildman–Crippen LogP) is 3.10. The molecule has 2 aromatic rings. The molecule has 2 aliphatic heterocycles. The molecule has 1 fully saturated rings. The molecular weight excluding hydrogens is 384 g/mol. The Morgan fingerprint density at radius 1 is 1.24 bits per heavy atom. The zero-order valence-corrected chi connectivity index (χ0v) is 18.0. The normalized spacial score (nSPS) is 19.2. The largest absolute Gasteiger partial charge is 0.383 e. The molecule has 1 aromatic carbocycles. The Morgan fingerprint density at radius 2 is 1.97 bits per heavy atom. The lowest BCUT2D eigenvalue weighted by Gasteiger charge is -2.37. The van der Waals surface area contributed by atoms with Crippen LogP contribution in [-0.4, -0.2) is 51.6 Å². The van der Waals surface area contributed by atoms with E-state index in [2.05, 4.69) is 34.5 Å². The van der Waals surface area contributed by atoms with E-state index in [9.17, 15) is 9.90 Å². The smallest absolute Gasteiger partial charge is 0.317 e. The van der Waals surface area contributed by atoms with Gasteiger partial charge in [0.15, 0.2) is 0 Å². The van der Waals surface area contributed by atoms with Crippen molar-refractivity contribution in [2.24, 2.45) is 0 Å². The van der Waals surface area contributed by atoms with Gasteiger partial charge in [-0.25, -0.2) is 9.78 Å². The topological polar surface area (TPSA) is 68.7 Å². The number of piperidine rings is 1. The number of carbonyl (C=O) groups is 1. The number of aliphatic hydroxyl groups is 1. The third-order valence-electron chi connectivity index (χ3n) is 5.89. The number of nitrogens with zero attached hydrogens (tertiary/aromatic N) is 3. The van der Waals surface area contributed by atoms with Crippen molar-refractivity contribution < 1.29 is 9.90 Å². The van der Waals surface area contributed by atoms with E-state index in [0.717, 1.165) is 36.8 Å². The number of likely N-dealkylation sites (tertiary alicyclic amines) is 1. The fraction of sp³-hybridized carbons (Fsp3) is 0.545. The molecule has 4 rings (SSSR count). The van der Waals surface area contributed by atoms with E-state index >= 15 is 0 Å². The molecule has 2 amide bonds. The van der Waals surface area contributed by atoms with E-state index in [4.69, 9.17) is 4.98 Å². The first kappa shape index (κ1) is 20.3. The Morgan fingerprint density at radius 3 is 2.69 bits per heavy atom. The highest BCUT2D eigenvalue weighted by atomic mass is 32.1. The molecule has 0 spiro atoms. The molecule has 2 aliphatic rings. The van der Waals surface area contributed by atoms with Crippen molar-refractivity contribution in [2.75, 3.05) is 19.6 Å². The molecule has 29 heavy (non-hydrogen) atoms. The van der Waals surface area contributed by atoms with Crippen molar-refractivity contribution in [3.63, 3.8) is 0 Å². The lowest BCUT2D eigenvalue weighted by molar-refractivity contribution is -0.0201. The van der Waals surface area contributed by atoms with Gasteiger partial charge in [0, 0.05) is 37.6 Å². The van der Waals surface area contributed by atoms with Crippen LogP contribution in [0.2, 0.25) is 0 Å². The number of carbonyl (C=O) groups excluding carboxylic acids is 1. The summed E-state index contributed by atoms with van der Waals surface area (Å²) < 4.78 is 0. The molecule has 1 saturated heterocycles. The third kappa shape index (κ3) is 4.63. The molecule has 6 nitrogen and oxygen atoms in total. The highest BCUT2D eigenvalue weighted by molar-refractivity contribution is 7.09. The van der Waals surface area contributed by atoms with Crippen molar-refractivity contribution in [2.45, 2.75) is 57.8 Å². The summed E-state index contributed by atoms with van der Waals surface area (Å²) in [5.41, 5.74) is 2.68. The number of amides is 2. The zero-order chi connectivity index (χ0) is 20.4. The second-order valence-electron chi connectivity index (χ2n) is 8.48. The van der Waals surface area contributed by atoms with E-state index in [0.29, 0.717) is 25.9 Å². The number of benzene rings is 1. The molecule has 2 N–H and O–H groups in total. The second kappa shape index (κ2) is 8.42. The summed E-state index contributed by atoms with van der Waals surface area (Å²) in [5.74, 6) is 0. The van der Waals surface area contributed by atoms with E-state index in [-0.39, 0.29) is 12.1 Å². The quantitative estimate of drug-likeness (QED) is 0.807. The first-order chi connectivity index (χ1) is 13.9. The van der Waals surface area contributed by atoms with Gasteiger partial charge in [0.25, 0.3) is 0 Å². The first-order valence-corrected chi connectivity index (χ1v) is 11.3. The van der Waals surface area contributed by atoms with Crippen LogP contribution >= 0.6 is 11.3 Å². The van der Waals surface area contributed by atoms with Gasteiger partial charge in [-0.15, -0.1) is 11.3 Å². The van der Waals surface area contributed by atoms with E-state index in [1.54, 1.807) is 16.2 Å². The third-order valence-corrected chi connectivity index (χ3v) is 6.72. The number of hydrogen-bond donors (Lipinski definition) is 2. The predicted molar refractivity (Wildman–Crippen MR) is 115 cm³/mol. The van der Waals surface area contributed by atoms with Gasteiger partial charge >= 0.3 is 6.03 Å². The van der Waals surface area contributed by atoms with Crippen molar-refractivity contribution in [1.82, 2.24) is 20.1 Å². The second-order valence-corrected chi connectivity index (χ2v) is 9.42. The van der Waals surface area contributed by atoms with Crippen LogP contribution in [0.1, 0.15) is 48.5 Å². The van der Waals surface area contributed by atoms with Crippen LogP contribution < -0.4 is 5.32 Å². The fourth-order valence-electron chi connectivity index (χ4n) is 4.15. The molecule has 1 aromatic heterocycles. The Kier molecular flexibility index (Phi) is 5.90. The number of nitrogens with one attached hydrogen (secondary N) is 1. The number of hydrogen-bond acceptors (Lipinski definition) is 5. The first-order valence-electron chi connectivity index (χ1n) is 10.4. The molecule has 7 heteroatoms. The molecule has 0 bridgehead atoms. The maximum Gasteiger partial charge on any atom is 0.317 e. The highest BCUT2D eigenvalue weighted by Gasteiger charge is 2.37. The van der Waals surface area contributed by atoms with Crippen LogP contribution in [0.4, 0.5) is 4.79 Å². The molecule has 156 valence electrons. The van der Waals surface area contributed by atoms with Gasteiger partial charge in [-0.3, -0.25) is 4.90 Å². The summed E-state index contributed by atoms with van der Waals surface area (Å²) in [6, 6.07) is 8.71. The molecule has 0 radical (unpaired) electrons. The van der Waals surface area contributed by atoms with Gasteiger partial charge in [-0.1, -0.05) is 24.3 Å². The highest BCUT2D eigenvalue weighted by Crippen LogP contribution is 2.34. The van der Waals surface area contributed by atoms with E-state index in [1.165, 1.54) is 11.1 Å². The van der Waals surface area contributed by atoms with Crippen LogP contribution in [0.25, 0.3) is 0 Å². The standard InChI is InChI=1S/C22H30N4O2S/c1-16(2)23-21(27)26-11-8-22(28,9-12-26)19-15-29-20(24-19)14-25-10-7-17-5-3-4-6-18(17)13-25/h3-6,15-16,28H,7-14H2,1-2H3,(H,23,27).